The van der Waals surface area contributed by atoms with Gasteiger partial charge in [0.15, 0.2) is 34.5 Å². The molecule has 0 saturated heterocycles. The fourth-order valence-corrected chi connectivity index (χ4v) is 7.43. The molecule has 0 aromatic heterocycles. The zero-order chi connectivity index (χ0) is 32.9. The number of quaternary nitrogens is 1. The lowest BCUT2D eigenvalue weighted by Gasteiger charge is -2.39. The summed E-state index contributed by atoms with van der Waals surface area (Å²) in [5.41, 5.74) is 6.55. The summed E-state index contributed by atoms with van der Waals surface area (Å²) >= 11 is 0. The molecule has 4 heterocycles. The highest BCUT2D eigenvalue weighted by atomic mass is 16.6. The van der Waals surface area contributed by atoms with Gasteiger partial charge in [-0.05, 0) is 84.6 Å². The van der Waals surface area contributed by atoms with Gasteiger partial charge in [0.2, 0.25) is 5.75 Å². The molecule has 6 bridgehead atoms. The van der Waals surface area contributed by atoms with E-state index in [1.807, 2.05) is 31.3 Å². The first-order valence-electron chi connectivity index (χ1n) is 16.1. The number of methoxy groups -OCH3 is 4. The molecule has 0 amide bonds. The lowest BCUT2D eigenvalue weighted by Crippen LogP contribution is -2.49. The Morgan fingerprint density at radius 3 is 2.17 bits per heavy atom. The molecular formula is C38H43N2O7+. The van der Waals surface area contributed by atoms with Gasteiger partial charge in [-0.2, -0.15) is 4.65 Å². The second-order valence-corrected chi connectivity index (χ2v) is 12.9. The van der Waals surface area contributed by atoms with Crippen molar-refractivity contribution >= 4 is 0 Å². The van der Waals surface area contributed by atoms with Crippen molar-refractivity contribution in [2.24, 2.45) is 0 Å². The number of fused-ring (bicyclic) bond motifs is 2. The maximum absolute atomic E-state index is 11.7. The van der Waals surface area contributed by atoms with Gasteiger partial charge in [-0.25, -0.2) is 5.21 Å². The average Bonchev–Trinajstić information content (AvgIpc) is 3.07. The number of rotatable bonds is 4. The van der Waals surface area contributed by atoms with Crippen molar-refractivity contribution in [3.63, 3.8) is 0 Å². The third-order valence-electron chi connectivity index (χ3n) is 10.1. The van der Waals surface area contributed by atoms with E-state index in [-0.39, 0.29) is 16.7 Å². The molecular weight excluding hydrogens is 596 g/mol. The predicted molar refractivity (Wildman–Crippen MR) is 178 cm³/mol. The zero-order valence-corrected chi connectivity index (χ0v) is 28.0. The highest BCUT2D eigenvalue weighted by molar-refractivity contribution is 5.63. The van der Waals surface area contributed by atoms with Gasteiger partial charge in [-0.15, -0.1) is 0 Å². The highest BCUT2D eigenvalue weighted by Crippen LogP contribution is 2.52. The molecule has 4 aliphatic rings. The minimum atomic E-state index is -0.227. The molecule has 0 spiro atoms. The van der Waals surface area contributed by atoms with Crippen molar-refractivity contribution in [2.75, 3.05) is 55.6 Å². The maximum atomic E-state index is 11.7. The van der Waals surface area contributed by atoms with Gasteiger partial charge in [-0.1, -0.05) is 18.2 Å². The SMILES string of the molecule is COc1ccc2cc1Oc1ccc(cc1)C[C@H]1c3cc(c(OC)cc3CC[N@@+]1(C)O)Oc1c(OC)c(OC)cc3c1[C@H](C2)N(C)CC3. The van der Waals surface area contributed by atoms with Gasteiger partial charge in [-0.3, -0.25) is 4.90 Å². The molecule has 0 radical (unpaired) electrons. The fraction of sp³-hybridized carbons (Fsp3) is 0.368. The normalized spacial score (nSPS) is 21.8. The second kappa shape index (κ2) is 12.3. The van der Waals surface area contributed by atoms with E-state index < -0.39 is 0 Å². The third kappa shape index (κ3) is 5.62. The zero-order valence-electron chi connectivity index (χ0n) is 28.0. The summed E-state index contributed by atoms with van der Waals surface area (Å²) in [6.07, 6.45) is 2.86. The van der Waals surface area contributed by atoms with E-state index in [2.05, 4.69) is 48.3 Å². The Bertz CT molecular complexity index is 1800. The summed E-state index contributed by atoms with van der Waals surface area (Å²) in [5, 5.41) is 11.7. The average molecular weight is 640 g/mol. The smallest absolute Gasteiger partial charge is 0.204 e. The molecule has 8 rings (SSSR count). The first-order chi connectivity index (χ1) is 22.7. The number of nitrogens with zero attached hydrogens (tertiary/aromatic N) is 2. The van der Waals surface area contributed by atoms with Gasteiger partial charge in [0.25, 0.3) is 0 Å². The molecule has 4 aliphatic heterocycles. The van der Waals surface area contributed by atoms with Crippen molar-refractivity contribution < 1.29 is 38.3 Å². The fourth-order valence-electron chi connectivity index (χ4n) is 7.43. The van der Waals surface area contributed by atoms with Gasteiger partial charge in [0.05, 0.1) is 35.5 Å². The van der Waals surface area contributed by atoms with Crippen molar-refractivity contribution in [1.82, 2.24) is 4.90 Å². The van der Waals surface area contributed by atoms with Crippen LogP contribution in [0.25, 0.3) is 0 Å². The van der Waals surface area contributed by atoms with Crippen molar-refractivity contribution in [3.8, 4) is 46.0 Å². The Hall–Kier alpha value is -4.44. The third-order valence-corrected chi connectivity index (χ3v) is 10.1. The lowest BCUT2D eigenvalue weighted by molar-refractivity contribution is -1.11. The van der Waals surface area contributed by atoms with E-state index in [1.54, 1.807) is 28.4 Å². The van der Waals surface area contributed by atoms with Crippen LogP contribution in [0.4, 0.5) is 0 Å². The van der Waals surface area contributed by atoms with Crippen LogP contribution in [0, 0.1) is 0 Å². The summed E-state index contributed by atoms with van der Waals surface area (Å²) in [5.74, 6) is 4.97. The first kappa shape index (κ1) is 31.2. The molecule has 0 fully saturated rings. The van der Waals surface area contributed by atoms with Crippen molar-refractivity contribution in [1.29, 1.82) is 0 Å². The molecule has 4 aromatic carbocycles. The van der Waals surface area contributed by atoms with Crippen molar-refractivity contribution in [2.45, 2.75) is 37.8 Å². The molecule has 1 N–H and O–H groups in total. The molecule has 9 heteroatoms. The van der Waals surface area contributed by atoms with E-state index in [4.69, 9.17) is 28.4 Å². The Labute approximate surface area is 276 Å². The lowest BCUT2D eigenvalue weighted by atomic mass is 9.87. The van der Waals surface area contributed by atoms with Crippen LogP contribution in [0.3, 0.4) is 0 Å². The number of hydrogen-bond donors (Lipinski definition) is 1. The van der Waals surface area contributed by atoms with Crippen LogP contribution >= 0.6 is 0 Å². The van der Waals surface area contributed by atoms with Crippen molar-refractivity contribution in [3.05, 3.63) is 94.0 Å². The van der Waals surface area contributed by atoms with Crippen LogP contribution < -0.4 is 28.4 Å². The quantitative estimate of drug-likeness (QED) is 0.238. The molecule has 3 atom stereocenters. The van der Waals surface area contributed by atoms with Crippen LogP contribution in [0.2, 0.25) is 0 Å². The topological polar surface area (TPSA) is 78.9 Å². The standard InChI is InChI=1S/C38H43N2O7/c1-39-15-13-26-21-35(44-5)37(45-6)38-36(26)29(39)17-24-9-12-31(42-3)33(19-24)46-27-10-7-23(8-11-27)18-30-28-22-34(47-38)32(43-4)20-25(28)14-16-40(30,2)41/h7-12,19-22,29-30,41H,13-18H2,1-6H3/q+1/t29-,30-,40+/m0/s1. The molecule has 0 saturated carbocycles. The largest absolute Gasteiger partial charge is 0.493 e. The summed E-state index contributed by atoms with van der Waals surface area (Å²) in [7, 11) is 10.6. The van der Waals surface area contributed by atoms with Gasteiger partial charge in [0, 0.05) is 36.6 Å². The Kier molecular flexibility index (Phi) is 8.16. The second-order valence-electron chi connectivity index (χ2n) is 12.9. The molecule has 4 aromatic rings. The van der Waals surface area contributed by atoms with Gasteiger partial charge < -0.3 is 28.4 Å². The predicted octanol–water partition coefficient (Wildman–Crippen LogP) is 7.07. The van der Waals surface area contributed by atoms with E-state index in [0.717, 1.165) is 52.1 Å². The highest BCUT2D eigenvalue weighted by Gasteiger charge is 2.40. The minimum Gasteiger partial charge on any atom is -0.493 e. The van der Waals surface area contributed by atoms with Crippen LogP contribution in [0.1, 0.15) is 45.5 Å². The van der Waals surface area contributed by atoms with Gasteiger partial charge >= 0.3 is 0 Å². The summed E-state index contributed by atoms with van der Waals surface area (Å²) in [6, 6.07) is 20.1. The molecule has 0 aliphatic carbocycles. The molecule has 9 nitrogen and oxygen atoms in total. The van der Waals surface area contributed by atoms with Crippen LogP contribution in [-0.2, 0) is 25.7 Å². The summed E-state index contributed by atoms with van der Waals surface area (Å²) in [6.45, 7) is 1.46. The number of benzene rings is 4. The maximum Gasteiger partial charge on any atom is 0.204 e. The monoisotopic (exact) mass is 639 g/mol. The molecule has 47 heavy (non-hydrogen) atoms. The van der Waals surface area contributed by atoms with E-state index in [9.17, 15) is 5.21 Å². The molecule has 0 unspecified atom stereocenters. The Balaban J connectivity index is 1.48. The Morgan fingerprint density at radius 2 is 1.45 bits per heavy atom. The number of ether oxygens (including phenoxy) is 6. The molecule has 246 valence electrons. The van der Waals surface area contributed by atoms with Crippen LogP contribution in [-0.4, -0.2) is 70.4 Å². The van der Waals surface area contributed by atoms with Gasteiger partial charge in [0.1, 0.15) is 18.3 Å². The minimum absolute atomic E-state index is 0.0401. The number of likely N-dealkylation sites (N-methyl/N-ethyl adjacent to an activating group) is 2. The summed E-state index contributed by atoms with van der Waals surface area (Å²) in [4.78, 5) is 2.36. The summed E-state index contributed by atoms with van der Waals surface area (Å²) < 4.78 is 36.8. The van der Waals surface area contributed by atoms with E-state index in [0.29, 0.717) is 66.1 Å². The number of hydrogen-bond acceptors (Lipinski definition) is 8. The van der Waals surface area contributed by atoms with E-state index >= 15 is 0 Å². The van der Waals surface area contributed by atoms with Crippen LogP contribution in [0.15, 0.2) is 60.7 Å². The number of hydroxylamine groups is 3. The van der Waals surface area contributed by atoms with Crippen LogP contribution in [0.5, 0.6) is 46.0 Å². The van der Waals surface area contributed by atoms with E-state index in [1.165, 1.54) is 0 Å². The Morgan fingerprint density at radius 1 is 0.745 bits per heavy atom. The first-order valence-corrected chi connectivity index (χ1v) is 16.1.